The van der Waals surface area contributed by atoms with Gasteiger partial charge in [-0.25, -0.2) is 9.69 Å². The van der Waals surface area contributed by atoms with E-state index in [1.54, 1.807) is 13.8 Å². The van der Waals surface area contributed by atoms with Gasteiger partial charge in [0.15, 0.2) is 11.6 Å². The quantitative estimate of drug-likeness (QED) is 0.371. The van der Waals surface area contributed by atoms with Crippen molar-refractivity contribution in [1.29, 1.82) is 0 Å². The molecule has 204 valence electrons. The smallest absolute Gasteiger partial charge is 0.417 e. The van der Waals surface area contributed by atoms with Crippen LogP contribution >= 0.6 is 15.9 Å². The summed E-state index contributed by atoms with van der Waals surface area (Å²) in [5.41, 5.74) is -0.0974. The Balaban J connectivity index is 1.94. The molecule has 0 aliphatic carbocycles. The second kappa shape index (κ2) is 12.2. The first kappa shape index (κ1) is 29.5. The Bertz CT molecular complexity index is 1010. The monoisotopic (exact) mass is 579 g/mol. The molecule has 9 heteroatoms. The number of ether oxygens (including phenoxy) is 2. The van der Waals surface area contributed by atoms with Crippen LogP contribution in [0.4, 0.5) is 4.79 Å². The maximum Gasteiger partial charge on any atom is 0.417 e. The third-order valence-electron chi connectivity index (χ3n) is 7.06. The van der Waals surface area contributed by atoms with Crippen molar-refractivity contribution in [2.24, 2.45) is 11.8 Å². The van der Waals surface area contributed by atoms with Crippen molar-refractivity contribution in [3.8, 4) is 0 Å². The summed E-state index contributed by atoms with van der Waals surface area (Å²) in [4.78, 5) is 41.4. The summed E-state index contributed by atoms with van der Waals surface area (Å²) in [5.74, 6) is -3.95. The summed E-state index contributed by atoms with van der Waals surface area (Å²) in [6.45, 7) is 7.48. The SMILES string of the molecule is CC(C)[C@@H]1N(C(=O)[C@@H](Cc2ccccc2)C2O[C@](O)(CCCCCCO)C(Br)=CC2=O)C(=O)OC1(C)C. The number of carbonyl (C=O) groups excluding carboxylic acids is 3. The fourth-order valence-corrected chi connectivity index (χ4v) is 5.91. The fourth-order valence-electron chi connectivity index (χ4n) is 5.39. The van der Waals surface area contributed by atoms with Crippen LogP contribution in [0, 0.1) is 11.8 Å². The number of unbranched alkanes of at least 4 members (excludes halogenated alkanes) is 3. The predicted molar refractivity (Wildman–Crippen MR) is 142 cm³/mol. The van der Waals surface area contributed by atoms with Gasteiger partial charge in [-0.3, -0.25) is 9.59 Å². The third kappa shape index (κ3) is 6.69. The van der Waals surface area contributed by atoms with Crippen LogP contribution in [-0.4, -0.2) is 63.0 Å². The largest absolute Gasteiger partial charge is 0.441 e. The summed E-state index contributed by atoms with van der Waals surface area (Å²) in [6.07, 6.45) is 2.43. The molecule has 0 saturated carbocycles. The van der Waals surface area contributed by atoms with Gasteiger partial charge in [0.1, 0.15) is 11.7 Å². The fraction of sp³-hybridized carbons (Fsp3) is 0.607. The number of cyclic esters (lactones) is 1. The first-order valence-corrected chi connectivity index (χ1v) is 13.7. The number of carbonyl (C=O) groups is 3. The number of rotatable bonds is 11. The maximum atomic E-state index is 14.1. The number of ketones is 1. The number of imide groups is 1. The van der Waals surface area contributed by atoms with Crippen molar-refractivity contribution >= 4 is 33.7 Å². The number of hydrogen-bond donors (Lipinski definition) is 2. The highest BCUT2D eigenvalue weighted by Crippen LogP contribution is 2.40. The van der Waals surface area contributed by atoms with E-state index in [0.29, 0.717) is 12.8 Å². The van der Waals surface area contributed by atoms with Crippen LogP contribution in [-0.2, 0) is 25.5 Å². The molecule has 0 aromatic heterocycles. The molecule has 2 aliphatic heterocycles. The molecule has 2 aliphatic rings. The van der Waals surface area contributed by atoms with Crippen LogP contribution in [0.1, 0.15) is 65.4 Å². The van der Waals surface area contributed by atoms with E-state index < -0.39 is 47.2 Å². The summed E-state index contributed by atoms with van der Waals surface area (Å²) in [7, 11) is 0. The van der Waals surface area contributed by atoms with Crippen LogP contribution < -0.4 is 0 Å². The number of halogens is 1. The average molecular weight is 581 g/mol. The zero-order chi connectivity index (χ0) is 27.4. The Morgan fingerprint density at radius 3 is 2.38 bits per heavy atom. The second-order valence-corrected chi connectivity index (χ2v) is 11.6. The molecule has 0 bridgehead atoms. The van der Waals surface area contributed by atoms with E-state index in [4.69, 9.17) is 14.6 Å². The van der Waals surface area contributed by atoms with E-state index in [1.165, 1.54) is 6.08 Å². The van der Waals surface area contributed by atoms with Crippen LogP contribution in [0.25, 0.3) is 0 Å². The van der Waals surface area contributed by atoms with Gasteiger partial charge in [-0.1, -0.05) is 57.0 Å². The van der Waals surface area contributed by atoms with Crippen molar-refractivity contribution in [1.82, 2.24) is 4.90 Å². The van der Waals surface area contributed by atoms with Crippen molar-refractivity contribution in [2.75, 3.05) is 6.61 Å². The van der Waals surface area contributed by atoms with Gasteiger partial charge >= 0.3 is 6.09 Å². The van der Waals surface area contributed by atoms with Crippen molar-refractivity contribution < 1.29 is 34.1 Å². The van der Waals surface area contributed by atoms with Crippen LogP contribution in [0.5, 0.6) is 0 Å². The molecule has 37 heavy (non-hydrogen) atoms. The van der Waals surface area contributed by atoms with Crippen LogP contribution in [0.15, 0.2) is 40.9 Å². The van der Waals surface area contributed by atoms with Crippen molar-refractivity contribution in [2.45, 2.75) is 89.8 Å². The Morgan fingerprint density at radius 1 is 1.11 bits per heavy atom. The Morgan fingerprint density at radius 2 is 1.76 bits per heavy atom. The highest BCUT2D eigenvalue weighted by atomic mass is 79.9. The van der Waals surface area contributed by atoms with Crippen molar-refractivity contribution in [3.05, 3.63) is 46.5 Å². The minimum Gasteiger partial charge on any atom is -0.441 e. The molecule has 8 nitrogen and oxygen atoms in total. The van der Waals surface area contributed by atoms with Gasteiger partial charge in [-0.05, 0) is 66.6 Å². The molecule has 1 unspecified atom stereocenters. The van der Waals surface area contributed by atoms with Gasteiger partial charge in [-0.2, -0.15) is 0 Å². The van der Waals surface area contributed by atoms with E-state index in [9.17, 15) is 19.5 Å². The summed E-state index contributed by atoms with van der Waals surface area (Å²) in [6, 6.07) is 8.69. The number of nitrogens with zero attached hydrogens (tertiary/aromatic N) is 1. The Kier molecular flexibility index (Phi) is 9.72. The molecule has 2 heterocycles. The molecule has 1 fully saturated rings. The zero-order valence-electron chi connectivity index (χ0n) is 22.0. The van der Waals surface area contributed by atoms with Gasteiger partial charge in [0.25, 0.3) is 0 Å². The second-order valence-electron chi connectivity index (χ2n) is 10.8. The molecule has 1 aromatic carbocycles. The van der Waals surface area contributed by atoms with Crippen molar-refractivity contribution in [3.63, 3.8) is 0 Å². The first-order valence-electron chi connectivity index (χ1n) is 12.9. The lowest BCUT2D eigenvalue weighted by Crippen LogP contribution is -2.55. The maximum absolute atomic E-state index is 14.1. The summed E-state index contributed by atoms with van der Waals surface area (Å²) >= 11 is 3.29. The summed E-state index contributed by atoms with van der Waals surface area (Å²) < 4.78 is 11.8. The van der Waals surface area contributed by atoms with Gasteiger partial charge < -0.3 is 19.7 Å². The molecule has 1 saturated heterocycles. The minimum absolute atomic E-state index is 0.0874. The standard InChI is InChI=1S/C28H38BrNO7/c1-18(2)24-27(3,4)37-26(34)30(24)25(33)20(16-19-12-8-7-9-13-19)23-21(32)17-22(29)28(35,36-23)14-10-5-6-11-15-31/h7-9,12-13,17-18,20,23-24,31,35H,5-6,10-11,14-16H2,1-4H3/t20-,23?,24-,28+/m0/s1. The van der Waals surface area contributed by atoms with E-state index in [-0.39, 0.29) is 29.8 Å². The number of hydrogen-bond acceptors (Lipinski definition) is 7. The number of aliphatic hydroxyl groups is 2. The Hall–Kier alpha value is -2.07. The molecule has 4 atom stereocenters. The molecule has 1 aromatic rings. The topological polar surface area (TPSA) is 113 Å². The predicted octanol–water partition coefficient (Wildman–Crippen LogP) is 4.51. The van der Waals surface area contributed by atoms with Crippen LogP contribution in [0.3, 0.4) is 0 Å². The van der Waals surface area contributed by atoms with Gasteiger partial charge in [0.05, 0.1) is 16.4 Å². The van der Waals surface area contributed by atoms with Gasteiger partial charge in [-0.15, -0.1) is 0 Å². The molecule has 3 rings (SSSR count). The number of benzene rings is 1. The lowest BCUT2D eigenvalue weighted by molar-refractivity contribution is -0.218. The first-order chi connectivity index (χ1) is 17.4. The van der Waals surface area contributed by atoms with E-state index in [0.717, 1.165) is 23.3 Å². The molecular formula is C28H38BrNO7. The van der Waals surface area contributed by atoms with E-state index in [2.05, 4.69) is 15.9 Å². The van der Waals surface area contributed by atoms with Gasteiger partial charge in [0, 0.05) is 13.0 Å². The van der Waals surface area contributed by atoms with Gasteiger partial charge in [0.2, 0.25) is 5.91 Å². The van der Waals surface area contributed by atoms with Crippen LogP contribution in [0.2, 0.25) is 0 Å². The number of aliphatic hydroxyl groups excluding tert-OH is 1. The molecular weight excluding hydrogens is 542 g/mol. The zero-order valence-corrected chi connectivity index (χ0v) is 23.6. The Labute approximate surface area is 227 Å². The van der Waals surface area contributed by atoms with E-state index >= 15 is 0 Å². The average Bonchev–Trinajstić information content (AvgIpc) is 3.08. The molecule has 0 radical (unpaired) electrons. The molecule has 2 N–H and O–H groups in total. The highest BCUT2D eigenvalue weighted by molar-refractivity contribution is 9.11. The highest BCUT2D eigenvalue weighted by Gasteiger charge is 2.55. The number of amides is 2. The lowest BCUT2D eigenvalue weighted by atomic mass is 9.85. The third-order valence-corrected chi connectivity index (χ3v) is 7.90. The minimum atomic E-state index is -1.78. The summed E-state index contributed by atoms with van der Waals surface area (Å²) in [5, 5.41) is 20.4. The molecule has 0 spiro atoms. The lowest BCUT2D eigenvalue weighted by Gasteiger charge is -2.39. The molecule has 2 amide bonds. The van der Waals surface area contributed by atoms with E-state index in [1.807, 2.05) is 44.2 Å². The normalized spacial score (nSPS) is 26.3.